The summed E-state index contributed by atoms with van der Waals surface area (Å²) in [6.07, 6.45) is 0. The average Bonchev–Trinajstić information content (AvgIpc) is 2.88. The second-order valence-corrected chi connectivity index (χ2v) is 6.56. The summed E-state index contributed by atoms with van der Waals surface area (Å²) in [5.41, 5.74) is 0.651. The number of nitrogens with zero attached hydrogens (tertiary/aromatic N) is 1. The van der Waals surface area contributed by atoms with Crippen molar-refractivity contribution in [3.63, 3.8) is 0 Å². The van der Waals surface area contributed by atoms with Gasteiger partial charge >= 0.3 is 7.12 Å². The maximum atomic E-state index is 11.1. The summed E-state index contributed by atoms with van der Waals surface area (Å²) in [6.45, 7) is 9.46. The molecular weight excluding hydrogens is 283 g/mol. The van der Waals surface area contributed by atoms with Crippen molar-refractivity contribution in [3.8, 4) is 0 Å². The highest BCUT2D eigenvalue weighted by molar-refractivity contribution is 6.62. The van der Waals surface area contributed by atoms with Gasteiger partial charge in [-0.15, -0.1) is 0 Å². The van der Waals surface area contributed by atoms with Crippen molar-refractivity contribution in [2.24, 2.45) is 0 Å². The van der Waals surface area contributed by atoms with Gasteiger partial charge in [0.2, 0.25) is 5.91 Å². The molecule has 1 saturated heterocycles. The molecule has 1 aromatic carbocycles. The molecular formula is C15H19BN2O4. The average molecular weight is 302 g/mol. The van der Waals surface area contributed by atoms with Crippen LogP contribution < -0.4 is 10.8 Å². The van der Waals surface area contributed by atoms with Crippen molar-refractivity contribution in [2.75, 3.05) is 5.32 Å². The van der Waals surface area contributed by atoms with E-state index in [0.717, 1.165) is 10.8 Å². The Morgan fingerprint density at radius 1 is 1.18 bits per heavy atom. The number of nitrogens with one attached hydrogen (secondary N) is 1. The first-order valence-corrected chi connectivity index (χ1v) is 7.22. The topological polar surface area (TPSA) is 73.6 Å². The van der Waals surface area contributed by atoms with Crippen molar-refractivity contribution < 1.29 is 18.6 Å². The summed E-state index contributed by atoms with van der Waals surface area (Å²) in [4.78, 5) is 11.1. The zero-order chi connectivity index (χ0) is 16.1. The van der Waals surface area contributed by atoms with Crippen molar-refractivity contribution in [3.05, 3.63) is 18.2 Å². The summed E-state index contributed by atoms with van der Waals surface area (Å²) >= 11 is 0. The molecule has 1 aliphatic heterocycles. The molecule has 1 aliphatic rings. The Balaban J connectivity index is 1.92. The standard InChI is InChI=1S/C15H19BN2O4/c1-9(19)17-13-11-7-6-10(8-12(11)20-18-13)16-21-14(2,3)15(4,5)22-16/h6-8H,1-5H3,(H,17,18,19). The van der Waals surface area contributed by atoms with Crippen LogP contribution >= 0.6 is 0 Å². The Labute approximate surface area is 129 Å². The maximum Gasteiger partial charge on any atom is 0.494 e. The molecule has 0 radical (unpaired) electrons. The molecule has 22 heavy (non-hydrogen) atoms. The van der Waals surface area contributed by atoms with Crippen LogP contribution in [-0.2, 0) is 14.1 Å². The maximum absolute atomic E-state index is 11.1. The predicted octanol–water partition coefficient (Wildman–Crippen LogP) is 2.09. The molecule has 0 spiro atoms. The molecule has 2 heterocycles. The van der Waals surface area contributed by atoms with E-state index in [2.05, 4.69) is 10.5 Å². The van der Waals surface area contributed by atoms with Gasteiger partial charge in [-0.2, -0.15) is 0 Å². The molecule has 0 unspecified atom stereocenters. The third-order valence-electron chi connectivity index (χ3n) is 4.32. The van der Waals surface area contributed by atoms with Crippen molar-refractivity contribution in [2.45, 2.75) is 45.8 Å². The molecule has 0 bridgehead atoms. The van der Waals surface area contributed by atoms with Crippen LogP contribution in [0.4, 0.5) is 5.82 Å². The highest BCUT2D eigenvalue weighted by Gasteiger charge is 2.51. The van der Waals surface area contributed by atoms with Crippen LogP contribution in [0.3, 0.4) is 0 Å². The number of amides is 1. The fourth-order valence-electron chi connectivity index (χ4n) is 2.34. The Bertz CT molecular complexity index is 722. The summed E-state index contributed by atoms with van der Waals surface area (Å²) in [7, 11) is -0.455. The predicted molar refractivity (Wildman–Crippen MR) is 84.0 cm³/mol. The van der Waals surface area contributed by atoms with Gasteiger partial charge in [-0.3, -0.25) is 4.79 Å². The van der Waals surface area contributed by atoms with E-state index in [1.165, 1.54) is 6.92 Å². The number of hydrogen-bond donors (Lipinski definition) is 1. The minimum atomic E-state index is -0.455. The fourth-order valence-corrected chi connectivity index (χ4v) is 2.34. The van der Waals surface area contributed by atoms with Crippen LogP contribution in [-0.4, -0.2) is 29.4 Å². The van der Waals surface area contributed by atoms with E-state index in [9.17, 15) is 4.79 Å². The Hall–Kier alpha value is -1.86. The smallest absolute Gasteiger partial charge is 0.399 e. The minimum absolute atomic E-state index is 0.190. The number of carbonyl (C=O) groups is 1. The molecule has 7 heteroatoms. The van der Waals surface area contributed by atoms with Gasteiger partial charge in [0.15, 0.2) is 11.4 Å². The van der Waals surface area contributed by atoms with E-state index < -0.39 is 18.3 Å². The second-order valence-electron chi connectivity index (χ2n) is 6.56. The molecule has 1 amide bonds. The lowest BCUT2D eigenvalue weighted by molar-refractivity contribution is -0.114. The first-order valence-electron chi connectivity index (χ1n) is 7.22. The number of benzene rings is 1. The molecule has 3 rings (SSSR count). The molecule has 1 aromatic heterocycles. The second kappa shape index (κ2) is 4.82. The van der Waals surface area contributed by atoms with Crippen LogP contribution in [0.5, 0.6) is 0 Å². The zero-order valence-corrected chi connectivity index (χ0v) is 13.4. The molecule has 0 aliphatic carbocycles. The van der Waals surface area contributed by atoms with Gasteiger partial charge in [0.25, 0.3) is 0 Å². The van der Waals surface area contributed by atoms with Gasteiger partial charge < -0.3 is 19.1 Å². The van der Waals surface area contributed by atoms with Gasteiger partial charge in [0.05, 0.1) is 16.6 Å². The van der Waals surface area contributed by atoms with Crippen molar-refractivity contribution in [1.82, 2.24) is 5.16 Å². The number of rotatable bonds is 2. The van der Waals surface area contributed by atoms with E-state index in [1.807, 2.05) is 45.9 Å². The zero-order valence-electron chi connectivity index (χ0n) is 13.4. The summed E-state index contributed by atoms with van der Waals surface area (Å²) in [5, 5.41) is 7.25. The van der Waals surface area contributed by atoms with Crippen LogP contribution in [0, 0.1) is 0 Å². The molecule has 1 N–H and O–H groups in total. The molecule has 2 aromatic rings. The minimum Gasteiger partial charge on any atom is -0.399 e. The Morgan fingerprint density at radius 2 is 1.82 bits per heavy atom. The number of carbonyl (C=O) groups excluding carboxylic acids is 1. The Kier molecular flexibility index (Phi) is 3.30. The lowest BCUT2D eigenvalue weighted by atomic mass is 9.79. The van der Waals surface area contributed by atoms with Gasteiger partial charge in [0, 0.05) is 6.92 Å². The van der Waals surface area contributed by atoms with E-state index in [0.29, 0.717) is 11.4 Å². The lowest BCUT2D eigenvalue weighted by Gasteiger charge is -2.32. The highest BCUT2D eigenvalue weighted by atomic mass is 16.7. The number of aromatic nitrogens is 1. The molecule has 0 atom stereocenters. The monoisotopic (exact) mass is 302 g/mol. The number of fused-ring (bicyclic) bond motifs is 1. The van der Waals surface area contributed by atoms with Gasteiger partial charge in [0.1, 0.15) is 0 Å². The Morgan fingerprint density at radius 3 is 2.41 bits per heavy atom. The first-order chi connectivity index (χ1) is 10.2. The third kappa shape index (κ3) is 2.40. The summed E-state index contributed by atoms with van der Waals surface area (Å²) in [5.74, 6) is 0.230. The molecule has 1 fully saturated rings. The number of hydrogen-bond acceptors (Lipinski definition) is 5. The quantitative estimate of drug-likeness (QED) is 0.860. The first kappa shape index (κ1) is 15.1. The lowest BCUT2D eigenvalue weighted by Crippen LogP contribution is -2.41. The van der Waals surface area contributed by atoms with Gasteiger partial charge in [-0.1, -0.05) is 11.2 Å². The van der Waals surface area contributed by atoms with Crippen LogP contribution in [0.25, 0.3) is 11.0 Å². The summed E-state index contributed by atoms with van der Waals surface area (Å²) < 4.78 is 17.3. The van der Waals surface area contributed by atoms with E-state index in [1.54, 1.807) is 0 Å². The van der Waals surface area contributed by atoms with Crippen molar-refractivity contribution >= 4 is 35.3 Å². The molecule has 6 nitrogen and oxygen atoms in total. The molecule has 116 valence electrons. The normalized spacial score (nSPS) is 19.6. The van der Waals surface area contributed by atoms with E-state index >= 15 is 0 Å². The van der Waals surface area contributed by atoms with Crippen LogP contribution in [0.2, 0.25) is 0 Å². The van der Waals surface area contributed by atoms with Crippen LogP contribution in [0.1, 0.15) is 34.6 Å². The summed E-state index contributed by atoms with van der Waals surface area (Å²) in [6, 6.07) is 5.57. The SMILES string of the molecule is CC(=O)Nc1noc2cc(B3OC(C)(C)C(C)(C)O3)ccc12. The van der Waals surface area contributed by atoms with Gasteiger partial charge in [-0.25, -0.2) is 0 Å². The fraction of sp³-hybridized carbons (Fsp3) is 0.467. The van der Waals surface area contributed by atoms with E-state index in [4.69, 9.17) is 13.8 Å². The van der Waals surface area contributed by atoms with E-state index in [-0.39, 0.29) is 5.91 Å². The van der Waals surface area contributed by atoms with Gasteiger partial charge in [-0.05, 0) is 45.3 Å². The third-order valence-corrected chi connectivity index (χ3v) is 4.32. The number of anilines is 1. The largest absolute Gasteiger partial charge is 0.494 e. The van der Waals surface area contributed by atoms with Crippen molar-refractivity contribution in [1.29, 1.82) is 0 Å². The highest BCUT2D eigenvalue weighted by Crippen LogP contribution is 2.36. The molecule has 0 saturated carbocycles. The van der Waals surface area contributed by atoms with Crippen LogP contribution in [0.15, 0.2) is 22.7 Å².